The van der Waals surface area contributed by atoms with Crippen LogP contribution in [0.15, 0.2) is 18.5 Å². The van der Waals surface area contributed by atoms with Gasteiger partial charge in [-0.05, 0) is 34.0 Å². The molecule has 78 valence electrons. The van der Waals surface area contributed by atoms with Gasteiger partial charge in [-0.25, -0.2) is 9.97 Å². The Balaban J connectivity index is 2.59. The maximum Gasteiger partial charge on any atom is 0.223 e. The topological polar surface area (TPSA) is 41.0 Å². The molecule has 1 aromatic rings. The maximum atomic E-state index is 4.13. The second-order valence-electron chi connectivity index (χ2n) is 4.32. The molecule has 14 heavy (non-hydrogen) atoms. The van der Waals surface area contributed by atoms with E-state index in [1.165, 1.54) is 0 Å². The Morgan fingerprint density at radius 3 is 2.36 bits per heavy atom. The highest BCUT2D eigenvalue weighted by Gasteiger charge is 2.18. The Bertz CT molecular complexity index is 269. The molecule has 0 amide bonds. The quantitative estimate of drug-likeness (QED) is 0.782. The summed E-state index contributed by atoms with van der Waals surface area (Å²) < 4.78 is 0. The summed E-state index contributed by atoms with van der Waals surface area (Å²) in [6, 6.07) is 1.81. The van der Waals surface area contributed by atoms with Gasteiger partial charge in [0, 0.05) is 24.5 Å². The van der Waals surface area contributed by atoms with Gasteiger partial charge in [0.25, 0.3) is 0 Å². The summed E-state index contributed by atoms with van der Waals surface area (Å²) >= 11 is 0. The molecule has 1 aromatic heterocycles. The summed E-state index contributed by atoms with van der Waals surface area (Å²) in [5.74, 6) is 0.680. The first-order valence-electron chi connectivity index (χ1n) is 4.69. The van der Waals surface area contributed by atoms with E-state index in [9.17, 15) is 0 Å². The molecule has 0 unspecified atom stereocenters. The van der Waals surface area contributed by atoms with Gasteiger partial charge in [0.1, 0.15) is 0 Å². The van der Waals surface area contributed by atoms with Crippen molar-refractivity contribution in [3.8, 4) is 0 Å². The number of anilines is 1. The van der Waals surface area contributed by atoms with Crippen LogP contribution in [0, 0.1) is 0 Å². The maximum absolute atomic E-state index is 4.13. The zero-order valence-corrected chi connectivity index (χ0v) is 9.28. The smallest absolute Gasteiger partial charge is 0.223 e. The van der Waals surface area contributed by atoms with Crippen molar-refractivity contribution >= 4 is 5.95 Å². The van der Waals surface area contributed by atoms with Crippen molar-refractivity contribution in [2.45, 2.75) is 19.4 Å². The Hall–Kier alpha value is -1.16. The van der Waals surface area contributed by atoms with E-state index >= 15 is 0 Å². The fourth-order valence-electron chi connectivity index (χ4n) is 1.50. The monoisotopic (exact) mass is 194 g/mol. The van der Waals surface area contributed by atoms with Crippen LogP contribution in [0.2, 0.25) is 0 Å². The van der Waals surface area contributed by atoms with Gasteiger partial charge in [-0.1, -0.05) is 0 Å². The Kier molecular flexibility index (Phi) is 3.41. The molecule has 1 heterocycles. The molecule has 0 atom stereocenters. The molecule has 0 bridgehead atoms. The molecule has 0 saturated heterocycles. The van der Waals surface area contributed by atoms with Crippen molar-refractivity contribution in [1.82, 2.24) is 14.9 Å². The van der Waals surface area contributed by atoms with Crippen LogP contribution in [0.4, 0.5) is 5.95 Å². The average molecular weight is 194 g/mol. The van der Waals surface area contributed by atoms with Crippen LogP contribution in [0.25, 0.3) is 0 Å². The lowest BCUT2D eigenvalue weighted by Gasteiger charge is -2.29. The van der Waals surface area contributed by atoms with Gasteiger partial charge in [-0.2, -0.15) is 0 Å². The van der Waals surface area contributed by atoms with E-state index in [1.54, 1.807) is 12.4 Å². The summed E-state index contributed by atoms with van der Waals surface area (Å²) in [5.41, 5.74) is -0.0230. The summed E-state index contributed by atoms with van der Waals surface area (Å²) in [6.45, 7) is 5.19. The number of aromatic nitrogens is 2. The zero-order valence-electron chi connectivity index (χ0n) is 9.28. The molecule has 4 heteroatoms. The van der Waals surface area contributed by atoms with Gasteiger partial charge in [0.2, 0.25) is 5.95 Å². The fourth-order valence-corrected chi connectivity index (χ4v) is 1.50. The molecular weight excluding hydrogens is 176 g/mol. The fraction of sp³-hybridized carbons (Fsp3) is 0.600. The Labute approximate surface area is 85.4 Å². The van der Waals surface area contributed by atoms with Crippen LogP contribution in [-0.4, -0.2) is 41.0 Å². The highest BCUT2D eigenvalue weighted by Crippen LogP contribution is 2.10. The van der Waals surface area contributed by atoms with Gasteiger partial charge < -0.3 is 10.2 Å². The largest absolute Gasteiger partial charge is 0.348 e. The predicted octanol–water partition coefficient (Wildman–Crippen LogP) is 1.23. The number of nitrogens with one attached hydrogen (secondary N) is 1. The molecule has 0 aliphatic heterocycles. The number of hydrogen-bond acceptors (Lipinski definition) is 4. The van der Waals surface area contributed by atoms with Gasteiger partial charge in [-0.15, -0.1) is 0 Å². The third-order valence-corrected chi connectivity index (χ3v) is 1.73. The second-order valence-corrected chi connectivity index (χ2v) is 4.32. The first-order chi connectivity index (χ1) is 6.49. The Morgan fingerprint density at radius 1 is 1.29 bits per heavy atom. The van der Waals surface area contributed by atoms with Gasteiger partial charge in [0.05, 0.1) is 0 Å². The lowest BCUT2D eigenvalue weighted by molar-refractivity contribution is 0.333. The molecule has 0 spiro atoms. The molecular formula is C10H18N4. The second kappa shape index (κ2) is 4.37. The van der Waals surface area contributed by atoms with Crippen molar-refractivity contribution < 1.29 is 0 Å². The van der Waals surface area contributed by atoms with E-state index < -0.39 is 0 Å². The van der Waals surface area contributed by atoms with Crippen LogP contribution >= 0.6 is 0 Å². The summed E-state index contributed by atoms with van der Waals surface area (Å²) in [7, 11) is 4.10. The molecule has 0 aliphatic rings. The van der Waals surface area contributed by atoms with E-state index in [4.69, 9.17) is 0 Å². The van der Waals surface area contributed by atoms with Crippen LogP contribution < -0.4 is 5.32 Å². The number of hydrogen-bond donors (Lipinski definition) is 1. The van der Waals surface area contributed by atoms with Gasteiger partial charge in [0.15, 0.2) is 0 Å². The van der Waals surface area contributed by atoms with Crippen molar-refractivity contribution in [3.63, 3.8) is 0 Å². The molecule has 1 rings (SSSR count). The van der Waals surface area contributed by atoms with Crippen molar-refractivity contribution in [2.24, 2.45) is 0 Å². The first kappa shape index (κ1) is 10.9. The van der Waals surface area contributed by atoms with E-state index in [-0.39, 0.29) is 5.54 Å². The minimum Gasteiger partial charge on any atom is -0.348 e. The molecule has 0 radical (unpaired) electrons. The van der Waals surface area contributed by atoms with Gasteiger partial charge >= 0.3 is 0 Å². The lowest BCUT2D eigenvalue weighted by Crippen LogP contribution is -2.41. The summed E-state index contributed by atoms with van der Waals surface area (Å²) in [6.07, 6.45) is 3.47. The first-order valence-corrected chi connectivity index (χ1v) is 4.69. The van der Waals surface area contributed by atoms with E-state index in [0.717, 1.165) is 6.54 Å². The Morgan fingerprint density at radius 2 is 1.86 bits per heavy atom. The minimum atomic E-state index is -0.0230. The van der Waals surface area contributed by atoms with Crippen LogP contribution in [0.1, 0.15) is 13.8 Å². The standard InChI is InChI=1S/C10H18N4/c1-10(2,8-14(3)4)13-9-11-6-5-7-12-9/h5-7H,8H2,1-4H3,(H,11,12,13). The lowest BCUT2D eigenvalue weighted by atomic mass is 10.1. The van der Waals surface area contributed by atoms with Crippen LogP contribution in [-0.2, 0) is 0 Å². The van der Waals surface area contributed by atoms with Crippen molar-refractivity contribution in [1.29, 1.82) is 0 Å². The molecule has 0 aromatic carbocycles. The average Bonchev–Trinajstić information content (AvgIpc) is 2.02. The third kappa shape index (κ3) is 3.70. The van der Waals surface area contributed by atoms with E-state index in [0.29, 0.717) is 5.95 Å². The molecule has 0 aliphatic carbocycles. The highest BCUT2D eigenvalue weighted by molar-refractivity contribution is 5.27. The normalized spacial score (nSPS) is 11.8. The van der Waals surface area contributed by atoms with Crippen LogP contribution in [0.3, 0.4) is 0 Å². The van der Waals surface area contributed by atoms with Gasteiger partial charge in [-0.3, -0.25) is 0 Å². The highest BCUT2D eigenvalue weighted by atomic mass is 15.2. The summed E-state index contributed by atoms with van der Waals surface area (Å²) in [4.78, 5) is 10.4. The van der Waals surface area contributed by atoms with Crippen molar-refractivity contribution in [3.05, 3.63) is 18.5 Å². The SMILES string of the molecule is CN(C)CC(C)(C)Nc1ncccn1. The molecule has 4 nitrogen and oxygen atoms in total. The molecule has 1 N–H and O–H groups in total. The minimum absolute atomic E-state index is 0.0230. The van der Waals surface area contributed by atoms with Crippen molar-refractivity contribution in [2.75, 3.05) is 26.0 Å². The number of nitrogens with zero attached hydrogens (tertiary/aromatic N) is 3. The zero-order chi connectivity index (χ0) is 10.6. The third-order valence-electron chi connectivity index (χ3n) is 1.73. The molecule has 0 fully saturated rings. The molecule has 0 saturated carbocycles. The van der Waals surface area contributed by atoms with Crippen LogP contribution in [0.5, 0.6) is 0 Å². The summed E-state index contributed by atoms with van der Waals surface area (Å²) in [5, 5.41) is 3.29. The van der Waals surface area contributed by atoms with E-state index in [1.807, 2.05) is 6.07 Å². The predicted molar refractivity (Wildman–Crippen MR) is 58.3 cm³/mol. The van der Waals surface area contributed by atoms with E-state index in [2.05, 4.69) is 48.1 Å². The number of likely N-dealkylation sites (N-methyl/N-ethyl adjacent to an activating group) is 1. The number of rotatable bonds is 4.